The van der Waals surface area contributed by atoms with Crippen LogP contribution in [0.1, 0.15) is 71.9 Å². The summed E-state index contributed by atoms with van der Waals surface area (Å²) in [6.07, 6.45) is 2.56. The fourth-order valence-electron chi connectivity index (χ4n) is 3.21. The van der Waals surface area contributed by atoms with Crippen molar-refractivity contribution in [3.63, 3.8) is 0 Å². The molecule has 177 valence electrons. The Balaban J connectivity index is 2.05. The van der Waals surface area contributed by atoms with Crippen LogP contribution in [0.25, 0.3) is 0 Å². The van der Waals surface area contributed by atoms with Gasteiger partial charge in [0.25, 0.3) is 0 Å². The van der Waals surface area contributed by atoms with Crippen molar-refractivity contribution >= 4 is 27.3 Å². The maximum Gasteiger partial charge on any atom is 0.240 e. The van der Waals surface area contributed by atoms with Gasteiger partial charge in [0, 0.05) is 12.1 Å². The highest BCUT2D eigenvalue weighted by molar-refractivity contribution is 7.89. The van der Waals surface area contributed by atoms with Gasteiger partial charge in [0.2, 0.25) is 10.0 Å². The van der Waals surface area contributed by atoms with Crippen molar-refractivity contribution in [2.75, 3.05) is 13.2 Å². The third-order valence-corrected chi connectivity index (χ3v) is 8.15. The zero-order valence-corrected chi connectivity index (χ0v) is 21.6. The smallest absolute Gasteiger partial charge is 0.240 e. The SMILES string of the molecule is CCC(C)(C)c1ccc(OCCCNS(=O)(=O)c2ccc([NH])c(Cl)c2)c(C(C)(C)CC)c1. The molecule has 0 atom stereocenters. The van der Waals surface area contributed by atoms with Crippen LogP contribution in [0.3, 0.4) is 0 Å². The number of hydrogen-bond donors (Lipinski definition) is 1. The summed E-state index contributed by atoms with van der Waals surface area (Å²) in [7, 11) is -3.68. The van der Waals surface area contributed by atoms with E-state index < -0.39 is 10.0 Å². The first-order valence-electron chi connectivity index (χ1n) is 11.1. The standard InChI is InChI=1S/C25H36ClN2O3S/c1-7-24(3,4)18-10-13-23(20(16-18)25(5,6)8-2)31-15-9-14-28-32(29,30)19-11-12-22(27)21(26)17-19/h10-13,16-17,27-28H,7-9,14-15H2,1-6H3. The Morgan fingerprint density at radius 1 is 1.00 bits per heavy atom. The molecule has 0 aromatic heterocycles. The van der Waals surface area contributed by atoms with Crippen molar-refractivity contribution in [2.45, 2.75) is 76.5 Å². The van der Waals surface area contributed by atoms with Crippen molar-refractivity contribution < 1.29 is 13.2 Å². The first kappa shape index (κ1) is 26.5. The first-order chi connectivity index (χ1) is 14.8. The lowest BCUT2D eigenvalue weighted by Crippen LogP contribution is -2.26. The molecule has 2 aromatic carbocycles. The Morgan fingerprint density at radius 2 is 1.66 bits per heavy atom. The molecule has 0 saturated carbocycles. The van der Waals surface area contributed by atoms with Crippen molar-refractivity contribution in [3.8, 4) is 5.75 Å². The topological polar surface area (TPSA) is 79.2 Å². The van der Waals surface area contributed by atoms with E-state index in [0.29, 0.717) is 13.0 Å². The fourth-order valence-corrected chi connectivity index (χ4v) is 4.55. The molecule has 7 heteroatoms. The van der Waals surface area contributed by atoms with Gasteiger partial charge in [-0.05, 0) is 59.9 Å². The van der Waals surface area contributed by atoms with E-state index in [4.69, 9.17) is 22.1 Å². The zero-order chi connectivity index (χ0) is 24.2. The fraction of sp³-hybridized carbons (Fsp3) is 0.520. The van der Waals surface area contributed by atoms with Crippen LogP contribution >= 0.6 is 11.6 Å². The second-order valence-electron chi connectivity index (χ2n) is 9.43. The summed E-state index contributed by atoms with van der Waals surface area (Å²) in [5, 5.41) is 0.108. The van der Waals surface area contributed by atoms with E-state index in [9.17, 15) is 8.42 Å². The predicted molar refractivity (Wildman–Crippen MR) is 133 cm³/mol. The van der Waals surface area contributed by atoms with Gasteiger partial charge in [0.1, 0.15) is 5.75 Å². The Bertz CT molecular complexity index is 1030. The van der Waals surface area contributed by atoms with Gasteiger partial charge in [-0.25, -0.2) is 13.1 Å². The second kappa shape index (κ2) is 10.4. The van der Waals surface area contributed by atoms with E-state index in [1.54, 1.807) is 0 Å². The summed E-state index contributed by atoms with van der Waals surface area (Å²) in [5.74, 6) is 0.855. The van der Waals surface area contributed by atoms with E-state index in [2.05, 4.69) is 58.4 Å². The third-order valence-electron chi connectivity index (χ3n) is 6.38. The number of rotatable bonds is 11. The first-order valence-corrected chi connectivity index (χ1v) is 13.0. The third kappa shape index (κ3) is 6.40. The van der Waals surface area contributed by atoms with Crippen LogP contribution in [0.2, 0.25) is 5.02 Å². The predicted octanol–water partition coefficient (Wildman–Crippen LogP) is 6.38. The Labute approximate surface area is 198 Å². The van der Waals surface area contributed by atoms with Gasteiger partial charge >= 0.3 is 0 Å². The molecule has 0 aliphatic carbocycles. The van der Waals surface area contributed by atoms with Gasteiger partial charge in [-0.3, -0.25) is 5.73 Å². The average Bonchev–Trinajstić information content (AvgIpc) is 2.75. The molecule has 0 amide bonds. The molecule has 32 heavy (non-hydrogen) atoms. The Kier molecular flexibility index (Phi) is 8.65. The normalized spacial score (nSPS) is 12.7. The van der Waals surface area contributed by atoms with E-state index in [-0.39, 0.29) is 33.0 Å². The minimum absolute atomic E-state index is 0.0277. The average molecular weight is 480 g/mol. The Hall–Kier alpha value is -1.76. The summed E-state index contributed by atoms with van der Waals surface area (Å²) >= 11 is 5.88. The number of sulfonamides is 1. The lowest BCUT2D eigenvalue weighted by molar-refractivity contribution is 0.300. The largest absolute Gasteiger partial charge is 0.493 e. The van der Waals surface area contributed by atoms with Gasteiger partial charge in [-0.15, -0.1) is 0 Å². The maximum absolute atomic E-state index is 12.4. The molecule has 1 radical (unpaired) electrons. The van der Waals surface area contributed by atoms with Crippen molar-refractivity contribution in [1.82, 2.24) is 10.5 Å². The number of nitrogens with one attached hydrogen (secondary N) is 2. The minimum atomic E-state index is -3.68. The van der Waals surface area contributed by atoms with Crippen LogP contribution in [-0.2, 0) is 20.9 Å². The highest BCUT2D eigenvalue weighted by Gasteiger charge is 2.26. The minimum Gasteiger partial charge on any atom is -0.493 e. The van der Waals surface area contributed by atoms with Crippen LogP contribution in [-0.4, -0.2) is 21.6 Å². The molecular weight excluding hydrogens is 444 g/mol. The van der Waals surface area contributed by atoms with Crippen LogP contribution in [0.15, 0.2) is 41.3 Å². The summed E-state index contributed by atoms with van der Waals surface area (Å²) in [4.78, 5) is 0.0560. The lowest BCUT2D eigenvalue weighted by atomic mass is 9.76. The maximum atomic E-state index is 12.4. The van der Waals surface area contributed by atoms with Crippen molar-refractivity contribution in [2.24, 2.45) is 0 Å². The van der Waals surface area contributed by atoms with Crippen LogP contribution in [0.4, 0.5) is 5.69 Å². The molecule has 0 heterocycles. The highest BCUT2D eigenvalue weighted by atomic mass is 35.5. The van der Waals surface area contributed by atoms with E-state index in [1.165, 1.54) is 29.3 Å². The van der Waals surface area contributed by atoms with Gasteiger partial charge in [0.05, 0.1) is 22.2 Å². The monoisotopic (exact) mass is 479 g/mol. The van der Waals surface area contributed by atoms with Gasteiger partial charge < -0.3 is 4.74 Å². The molecule has 2 rings (SSSR count). The zero-order valence-electron chi connectivity index (χ0n) is 20.0. The summed E-state index contributed by atoms with van der Waals surface area (Å²) in [6.45, 7) is 14.0. The van der Waals surface area contributed by atoms with Gasteiger partial charge in [0.15, 0.2) is 0 Å². The number of hydrogen-bond acceptors (Lipinski definition) is 3. The Morgan fingerprint density at radius 3 is 2.25 bits per heavy atom. The van der Waals surface area contributed by atoms with Gasteiger partial charge in [-0.1, -0.05) is 65.3 Å². The quantitative estimate of drug-likeness (QED) is 0.380. The van der Waals surface area contributed by atoms with Gasteiger partial charge in [-0.2, -0.15) is 0 Å². The summed E-state index contributed by atoms with van der Waals surface area (Å²) in [6, 6.07) is 10.5. The molecular formula is C25H36ClN2O3S. The molecule has 2 N–H and O–H groups in total. The lowest BCUT2D eigenvalue weighted by Gasteiger charge is -2.30. The van der Waals surface area contributed by atoms with E-state index >= 15 is 0 Å². The van der Waals surface area contributed by atoms with Crippen LogP contribution < -0.4 is 15.2 Å². The molecule has 0 saturated heterocycles. The summed E-state index contributed by atoms with van der Waals surface area (Å²) < 4.78 is 33.6. The molecule has 0 bridgehead atoms. The van der Waals surface area contributed by atoms with E-state index in [1.807, 2.05) is 6.07 Å². The number of halogens is 1. The van der Waals surface area contributed by atoms with E-state index in [0.717, 1.165) is 18.6 Å². The number of benzene rings is 2. The van der Waals surface area contributed by atoms with Crippen molar-refractivity contribution in [1.29, 1.82) is 0 Å². The second-order valence-corrected chi connectivity index (χ2v) is 11.6. The van der Waals surface area contributed by atoms with Crippen molar-refractivity contribution in [3.05, 3.63) is 52.5 Å². The highest BCUT2D eigenvalue weighted by Crippen LogP contribution is 2.38. The van der Waals surface area contributed by atoms with Crippen LogP contribution in [0.5, 0.6) is 5.75 Å². The summed E-state index contributed by atoms with van der Waals surface area (Å²) in [5.41, 5.74) is 10.2. The molecule has 0 unspecified atom stereocenters. The molecule has 0 aliphatic heterocycles. The molecule has 0 fully saturated rings. The van der Waals surface area contributed by atoms with Crippen LogP contribution in [0, 0.1) is 0 Å². The molecule has 5 nitrogen and oxygen atoms in total. The molecule has 0 aliphatic rings. The molecule has 0 spiro atoms. The number of ether oxygens (including phenoxy) is 1. The molecule has 2 aromatic rings.